The minimum Gasteiger partial charge on any atom is -0.389 e. The summed E-state index contributed by atoms with van der Waals surface area (Å²) in [6.07, 6.45) is -16.5. The highest BCUT2D eigenvalue weighted by Crippen LogP contribution is 2.35. The largest absolute Gasteiger partial charge is 0.423 e. The second kappa shape index (κ2) is 6.27. The highest BCUT2D eigenvalue weighted by atomic mass is 19.4. The van der Waals surface area contributed by atoms with Crippen LogP contribution >= 0.6 is 0 Å². The Morgan fingerprint density at radius 3 is 1.74 bits per heavy atom. The maximum Gasteiger partial charge on any atom is 0.423 e. The van der Waals surface area contributed by atoms with E-state index in [1.807, 2.05) is 0 Å². The average molecular weight is 297 g/mol. The predicted molar refractivity (Wildman–Crippen MR) is 55.6 cm³/mol. The molecule has 0 rings (SSSR count). The number of halogens is 6. The van der Waals surface area contributed by atoms with Crippen LogP contribution in [0.4, 0.5) is 26.3 Å². The zero-order chi connectivity index (χ0) is 15.5. The van der Waals surface area contributed by atoms with Crippen LogP contribution in [0.25, 0.3) is 0 Å². The molecule has 0 radical (unpaired) electrons. The van der Waals surface area contributed by atoms with Gasteiger partial charge < -0.3 is 15.2 Å². The van der Waals surface area contributed by atoms with Crippen molar-refractivity contribution in [3.8, 4) is 0 Å². The molecule has 2 N–H and O–H groups in total. The van der Waals surface area contributed by atoms with Crippen LogP contribution < -0.4 is 5.32 Å². The van der Waals surface area contributed by atoms with Crippen LogP contribution in [0.5, 0.6) is 0 Å². The third-order valence-corrected chi connectivity index (χ3v) is 1.92. The van der Waals surface area contributed by atoms with Crippen LogP contribution in [-0.4, -0.2) is 48.4 Å². The molecule has 3 nitrogen and oxygen atoms in total. The van der Waals surface area contributed by atoms with E-state index in [1.165, 1.54) is 0 Å². The average Bonchev–Trinajstić information content (AvgIpc) is 2.09. The highest BCUT2D eigenvalue weighted by molar-refractivity contribution is 4.78. The molecule has 1 unspecified atom stereocenters. The lowest BCUT2D eigenvalue weighted by Gasteiger charge is -2.26. The van der Waals surface area contributed by atoms with Crippen LogP contribution in [0.2, 0.25) is 0 Å². The van der Waals surface area contributed by atoms with E-state index in [4.69, 9.17) is 0 Å². The molecule has 9 heteroatoms. The van der Waals surface area contributed by atoms with Crippen LogP contribution in [-0.2, 0) is 4.74 Å². The van der Waals surface area contributed by atoms with Crippen molar-refractivity contribution in [2.75, 3.05) is 13.2 Å². The van der Waals surface area contributed by atoms with Gasteiger partial charge in [0.25, 0.3) is 0 Å². The summed E-state index contributed by atoms with van der Waals surface area (Å²) in [5, 5.41) is 12.0. The molecular weight excluding hydrogens is 280 g/mol. The summed E-state index contributed by atoms with van der Waals surface area (Å²) in [7, 11) is 0. The number of hydrogen-bond acceptors (Lipinski definition) is 3. The van der Waals surface area contributed by atoms with Gasteiger partial charge in [0.2, 0.25) is 6.10 Å². The second-order valence-corrected chi connectivity index (χ2v) is 5.08. The summed E-state index contributed by atoms with van der Waals surface area (Å²) < 4.78 is 76.4. The van der Waals surface area contributed by atoms with Crippen molar-refractivity contribution in [2.24, 2.45) is 0 Å². The summed E-state index contributed by atoms with van der Waals surface area (Å²) in [4.78, 5) is 0. The van der Waals surface area contributed by atoms with Crippen LogP contribution in [0, 0.1) is 0 Å². The van der Waals surface area contributed by atoms with Crippen molar-refractivity contribution >= 4 is 0 Å². The quantitative estimate of drug-likeness (QED) is 0.765. The normalized spacial score (nSPS) is 15.9. The van der Waals surface area contributed by atoms with E-state index in [-0.39, 0.29) is 6.54 Å². The van der Waals surface area contributed by atoms with Crippen molar-refractivity contribution in [3.05, 3.63) is 0 Å². The Hall–Kier alpha value is -0.540. The molecule has 0 aliphatic heterocycles. The SMILES string of the molecule is CC(C)(C)NCC(O)COC(C(F)(F)F)C(F)(F)F. The number of ether oxygens (including phenoxy) is 1. The predicted octanol–water partition coefficient (Wildman–Crippen LogP) is 2.25. The topological polar surface area (TPSA) is 41.5 Å². The first-order chi connectivity index (χ1) is 8.23. The number of nitrogens with one attached hydrogen (secondary N) is 1. The van der Waals surface area contributed by atoms with Crippen molar-refractivity contribution in [1.29, 1.82) is 0 Å². The summed E-state index contributed by atoms with van der Waals surface area (Å²) >= 11 is 0. The Morgan fingerprint density at radius 2 is 1.42 bits per heavy atom. The zero-order valence-electron chi connectivity index (χ0n) is 10.7. The van der Waals surface area contributed by atoms with Crippen molar-refractivity contribution in [2.45, 2.75) is 50.9 Å². The van der Waals surface area contributed by atoms with Crippen molar-refractivity contribution in [3.63, 3.8) is 0 Å². The van der Waals surface area contributed by atoms with Crippen LogP contribution in [0.1, 0.15) is 20.8 Å². The number of hydrogen-bond donors (Lipinski definition) is 2. The smallest absolute Gasteiger partial charge is 0.389 e. The van der Waals surface area contributed by atoms with Gasteiger partial charge in [0.15, 0.2) is 0 Å². The molecule has 0 aliphatic rings. The molecule has 0 saturated heterocycles. The summed E-state index contributed by atoms with van der Waals surface area (Å²) in [6.45, 7) is 3.96. The number of rotatable bonds is 5. The number of β-amino-alcohol motifs (C(OH)–C–C–N with tert-alkyl or cyclic N) is 1. The van der Waals surface area contributed by atoms with Gasteiger partial charge in [-0.25, -0.2) is 0 Å². The fourth-order valence-corrected chi connectivity index (χ4v) is 1.06. The molecule has 1 atom stereocenters. The Labute approximate surface area is 106 Å². The first-order valence-electron chi connectivity index (χ1n) is 5.41. The highest BCUT2D eigenvalue weighted by Gasteiger charge is 2.58. The number of alkyl halides is 6. The molecule has 0 amide bonds. The van der Waals surface area contributed by atoms with Gasteiger partial charge in [-0.3, -0.25) is 0 Å². The second-order valence-electron chi connectivity index (χ2n) is 5.08. The van der Waals surface area contributed by atoms with E-state index >= 15 is 0 Å². The number of aliphatic hydroxyl groups is 1. The molecule has 0 aromatic rings. The molecule has 0 saturated carbocycles. The van der Waals surface area contributed by atoms with Gasteiger partial charge in [-0.15, -0.1) is 0 Å². The van der Waals surface area contributed by atoms with E-state index in [2.05, 4.69) is 10.1 Å². The van der Waals surface area contributed by atoms with Gasteiger partial charge in [0.1, 0.15) is 0 Å². The van der Waals surface area contributed by atoms with E-state index in [0.717, 1.165) is 0 Å². The molecule has 0 aromatic carbocycles. The summed E-state index contributed by atoms with van der Waals surface area (Å²) in [5.74, 6) is 0. The van der Waals surface area contributed by atoms with Crippen LogP contribution in [0.3, 0.4) is 0 Å². The first kappa shape index (κ1) is 18.5. The van der Waals surface area contributed by atoms with Gasteiger partial charge in [0.05, 0.1) is 12.7 Å². The Morgan fingerprint density at radius 1 is 1.00 bits per heavy atom. The van der Waals surface area contributed by atoms with Gasteiger partial charge >= 0.3 is 12.4 Å². The van der Waals surface area contributed by atoms with Crippen molar-refractivity contribution in [1.82, 2.24) is 5.32 Å². The molecule has 0 spiro atoms. The molecule has 0 fully saturated rings. The van der Waals surface area contributed by atoms with Gasteiger partial charge in [-0.05, 0) is 20.8 Å². The zero-order valence-corrected chi connectivity index (χ0v) is 10.7. The molecule has 0 aromatic heterocycles. The fourth-order valence-electron chi connectivity index (χ4n) is 1.06. The van der Waals surface area contributed by atoms with E-state index < -0.39 is 36.7 Å². The molecule has 0 heterocycles. The third-order valence-electron chi connectivity index (χ3n) is 1.92. The fraction of sp³-hybridized carbons (Fsp3) is 1.00. The third kappa shape index (κ3) is 8.27. The lowest BCUT2D eigenvalue weighted by molar-refractivity contribution is -0.324. The first-order valence-corrected chi connectivity index (χ1v) is 5.41. The van der Waals surface area contributed by atoms with E-state index in [1.54, 1.807) is 20.8 Å². The Kier molecular flexibility index (Phi) is 6.10. The number of aliphatic hydroxyl groups excluding tert-OH is 1. The minimum atomic E-state index is -5.56. The summed E-state index contributed by atoms with van der Waals surface area (Å²) in [6, 6.07) is 0. The van der Waals surface area contributed by atoms with E-state index in [9.17, 15) is 31.4 Å². The standard InChI is InChI=1S/C10H17F6NO2/c1-8(2,3)17-4-6(18)5-19-7(9(11,12)13)10(14,15)16/h6-7,17-18H,4-5H2,1-3H3. The van der Waals surface area contributed by atoms with Gasteiger partial charge in [-0.2, -0.15) is 26.3 Å². The molecule has 19 heavy (non-hydrogen) atoms. The lowest BCUT2D eigenvalue weighted by Crippen LogP contribution is -2.47. The monoisotopic (exact) mass is 297 g/mol. The molecular formula is C10H17F6NO2. The van der Waals surface area contributed by atoms with Gasteiger partial charge in [-0.1, -0.05) is 0 Å². The molecule has 0 aliphatic carbocycles. The summed E-state index contributed by atoms with van der Waals surface area (Å²) in [5.41, 5.74) is -0.422. The Bertz CT molecular complexity index is 257. The van der Waals surface area contributed by atoms with E-state index in [0.29, 0.717) is 0 Å². The van der Waals surface area contributed by atoms with Crippen LogP contribution in [0.15, 0.2) is 0 Å². The maximum absolute atomic E-state index is 12.1. The molecule has 0 bridgehead atoms. The Balaban J connectivity index is 4.35. The van der Waals surface area contributed by atoms with Gasteiger partial charge in [0, 0.05) is 12.1 Å². The lowest BCUT2D eigenvalue weighted by atomic mass is 10.1. The minimum absolute atomic E-state index is 0.175. The van der Waals surface area contributed by atoms with Crippen molar-refractivity contribution < 1.29 is 36.2 Å². The maximum atomic E-state index is 12.1. The molecule has 116 valence electrons.